The van der Waals surface area contributed by atoms with Crippen molar-refractivity contribution in [3.63, 3.8) is 0 Å². The van der Waals surface area contributed by atoms with Crippen LogP contribution in [0.1, 0.15) is 41.0 Å². The van der Waals surface area contributed by atoms with Gasteiger partial charge in [-0.25, -0.2) is 0 Å². The summed E-state index contributed by atoms with van der Waals surface area (Å²) >= 11 is 12.6. The monoisotopic (exact) mass is 521 g/mol. The first-order valence-electron chi connectivity index (χ1n) is 12.8. The molecule has 1 unspecified atom stereocenters. The Bertz CT molecular complexity index is 1270. The van der Waals surface area contributed by atoms with Crippen LogP contribution in [0, 0.1) is 13.8 Å². The number of fused-ring (bicyclic) bond motifs is 3. The summed E-state index contributed by atoms with van der Waals surface area (Å²) in [5.41, 5.74) is 8.16. The van der Waals surface area contributed by atoms with Gasteiger partial charge in [0.05, 0.1) is 21.7 Å². The highest BCUT2D eigenvalue weighted by Gasteiger charge is 2.35. The molecular formula is C30H33Cl2N3O. The number of benzene rings is 3. The zero-order valence-corrected chi connectivity index (χ0v) is 22.5. The zero-order valence-electron chi connectivity index (χ0n) is 21.0. The lowest BCUT2D eigenvalue weighted by Crippen LogP contribution is -2.46. The molecule has 6 heteroatoms. The molecule has 0 radical (unpaired) electrons. The van der Waals surface area contributed by atoms with E-state index in [2.05, 4.69) is 59.3 Å². The molecule has 5 rings (SSSR count). The number of hydrogen-bond donors (Lipinski definition) is 1. The van der Waals surface area contributed by atoms with Gasteiger partial charge in [0, 0.05) is 32.7 Å². The molecule has 0 bridgehead atoms. The molecule has 2 aliphatic rings. The normalized spacial score (nSPS) is 17.1. The first-order valence-corrected chi connectivity index (χ1v) is 13.6. The molecule has 1 atom stereocenters. The molecule has 1 aliphatic heterocycles. The second kappa shape index (κ2) is 10.8. The fourth-order valence-corrected chi connectivity index (χ4v) is 6.00. The van der Waals surface area contributed by atoms with Gasteiger partial charge in [0.25, 0.3) is 0 Å². The van der Waals surface area contributed by atoms with Crippen LogP contribution >= 0.6 is 23.2 Å². The average molecular weight is 523 g/mol. The van der Waals surface area contributed by atoms with Gasteiger partial charge in [-0.1, -0.05) is 65.7 Å². The zero-order chi connectivity index (χ0) is 25.2. The number of unbranched alkanes of at least 4 members (excludes halogenated alkanes) is 1. The maximum absolute atomic E-state index is 13.4. The van der Waals surface area contributed by atoms with Crippen molar-refractivity contribution in [1.29, 1.82) is 0 Å². The Balaban J connectivity index is 1.11. The van der Waals surface area contributed by atoms with Crippen LogP contribution < -0.4 is 10.2 Å². The predicted molar refractivity (Wildman–Crippen MR) is 151 cm³/mol. The number of nitrogens with one attached hydrogen (secondary N) is 1. The van der Waals surface area contributed by atoms with Crippen molar-refractivity contribution in [3.8, 4) is 11.1 Å². The Morgan fingerprint density at radius 1 is 0.917 bits per heavy atom. The SMILES string of the molecule is Cc1ccc2c(c1C)C(C(=O)NCCCCN1CCN(c3cccc(Cl)c3Cl)CC1)c1ccccc1-2. The second-order valence-corrected chi connectivity index (χ2v) is 10.7. The van der Waals surface area contributed by atoms with Gasteiger partial charge < -0.3 is 10.2 Å². The van der Waals surface area contributed by atoms with E-state index in [0.717, 1.165) is 56.8 Å². The van der Waals surface area contributed by atoms with Gasteiger partial charge in [0.2, 0.25) is 5.91 Å². The predicted octanol–water partition coefficient (Wildman–Crippen LogP) is 6.44. The number of halogens is 2. The average Bonchev–Trinajstić information content (AvgIpc) is 3.23. The van der Waals surface area contributed by atoms with Gasteiger partial charge in [-0.2, -0.15) is 0 Å². The Morgan fingerprint density at radius 3 is 2.50 bits per heavy atom. The molecule has 1 heterocycles. The largest absolute Gasteiger partial charge is 0.368 e. The minimum atomic E-state index is -0.220. The van der Waals surface area contributed by atoms with Gasteiger partial charge in [0.1, 0.15) is 0 Å². The molecule has 3 aromatic carbocycles. The summed E-state index contributed by atoms with van der Waals surface area (Å²) in [6.45, 7) is 9.90. The minimum absolute atomic E-state index is 0.113. The lowest BCUT2D eigenvalue weighted by atomic mass is 9.90. The number of hydrogen-bond acceptors (Lipinski definition) is 3. The molecule has 0 spiro atoms. The summed E-state index contributed by atoms with van der Waals surface area (Å²) in [6, 6.07) is 18.5. The molecule has 36 heavy (non-hydrogen) atoms. The molecule has 1 amide bonds. The standard InChI is InChI=1S/C30H33Cl2N3O/c1-20-12-13-24-22-8-3-4-9-23(22)28(27(24)21(20)2)30(36)33-14-5-6-15-34-16-18-35(19-17-34)26-11-7-10-25(31)29(26)32/h3-4,7-13,28H,5-6,14-19H2,1-2H3,(H,33,36). The molecule has 0 aromatic heterocycles. The Morgan fingerprint density at radius 2 is 1.69 bits per heavy atom. The number of anilines is 1. The summed E-state index contributed by atoms with van der Waals surface area (Å²) < 4.78 is 0. The van der Waals surface area contributed by atoms with E-state index >= 15 is 0 Å². The van der Waals surface area contributed by atoms with E-state index in [0.29, 0.717) is 16.6 Å². The van der Waals surface area contributed by atoms with Crippen molar-refractivity contribution in [2.45, 2.75) is 32.6 Å². The van der Waals surface area contributed by atoms with E-state index in [1.807, 2.05) is 24.3 Å². The third-order valence-corrected chi connectivity index (χ3v) is 8.55. The first-order chi connectivity index (χ1) is 17.5. The van der Waals surface area contributed by atoms with Crippen molar-refractivity contribution in [2.24, 2.45) is 0 Å². The molecule has 3 aromatic rings. The van der Waals surface area contributed by atoms with Crippen LogP contribution in [0.5, 0.6) is 0 Å². The summed E-state index contributed by atoms with van der Waals surface area (Å²) in [5.74, 6) is -0.107. The van der Waals surface area contributed by atoms with Gasteiger partial charge in [-0.05, 0) is 78.7 Å². The van der Waals surface area contributed by atoms with Crippen molar-refractivity contribution in [2.75, 3.05) is 44.2 Å². The second-order valence-electron chi connectivity index (χ2n) is 9.89. The van der Waals surface area contributed by atoms with Gasteiger partial charge in [-0.15, -0.1) is 0 Å². The smallest absolute Gasteiger partial charge is 0.232 e. The number of amides is 1. The molecule has 188 valence electrons. The first kappa shape index (κ1) is 25.1. The van der Waals surface area contributed by atoms with Crippen LogP contribution in [0.15, 0.2) is 54.6 Å². The molecule has 1 fully saturated rings. The highest BCUT2D eigenvalue weighted by molar-refractivity contribution is 6.43. The lowest BCUT2D eigenvalue weighted by Gasteiger charge is -2.36. The van der Waals surface area contributed by atoms with Crippen LogP contribution in [0.3, 0.4) is 0 Å². The Kier molecular flexibility index (Phi) is 7.57. The highest BCUT2D eigenvalue weighted by atomic mass is 35.5. The van der Waals surface area contributed by atoms with E-state index in [9.17, 15) is 4.79 Å². The maximum atomic E-state index is 13.4. The van der Waals surface area contributed by atoms with Crippen LogP contribution in [0.4, 0.5) is 5.69 Å². The quantitative estimate of drug-likeness (QED) is 0.363. The summed E-state index contributed by atoms with van der Waals surface area (Å²) in [4.78, 5) is 18.2. The number of carbonyl (C=O) groups is 1. The topological polar surface area (TPSA) is 35.6 Å². The third kappa shape index (κ3) is 4.87. The fourth-order valence-electron chi connectivity index (χ4n) is 5.59. The van der Waals surface area contributed by atoms with Gasteiger partial charge in [-0.3, -0.25) is 9.69 Å². The Hall–Kier alpha value is -2.53. The van der Waals surface area contributed by atoms with Crippen LogP contribution in [-0.2, 0) is 4.79 Å². The van der Waals surface area contributed by atoms with Gasteiger partial charge in [0.15, 0.2) is 0 Å². The minimum Gasteiger partial charge on any atom is -0.368 e. The number of piperazine rings is 1. The van der Waals surface area contributed by atoms with Crippen molar-refractivity contribution < 1.29 is 4.79 Å². The summed E-state index contributed by atoms with van der Waals surface area (Å²) in [6.07, 6.45) is 2.04. The molecule has 4 nitrogen and oxygen atoms in total. The van der Waals surface area contributed by atoms with Crippen LogP contribution in [0.2, 0.25) is 10.0 Å². The van der Waals surface area contributed by atoms with E-state index in [1.54, 1.807) is 0 Å². The van der Waals surface area contributed by atoms with Crippen molar-refractivity contribution >= 4 is 34.8 Å². The van der Waals surface area contributed by atoms with Crippen LogP contribution in [-0.4, -0.2) is 50.1 Å². The van der Waals surface area contributed by atoms with Crippen molar-refractivity contribution in [1.82, 2.24) is 10.2 Å². The fraction of sp³-hybridized carbons (Fsp3) is 0.367. The molecule has 1 N–H and O–H groups in total. The third-order valence-electron chi connectivity index (χ3n) is 7.74. The van der Waals surface area contributed by atoms with E-state index in [1.165, 1.54) is 27.8 Å². The summed E-state index contributed by atoms with van der Waals surface area (Å²) in [7, 11) is 0. The molecule has 1 saturated heterocycles. The summed E-state index contributed by atoms with van der Waals surface area (Å²) in [5, 5.41) is 4.48. The highest BCUT2D eigenvalue weighted by Crippen LogP contribution is 2.46. The van der Waals surface area contributed by atoms with E-state index < -0.39 is 0 Å². The Labute approximate surface area is 224 Å². The van der Waals surface area contributed by atoms with Crippen LogP contribution in [0.25, 0.3) is 11.1 Å². The number of aryl methyl sites for hydroxylation is 1. The maximum Gasteiger partial charge on any atom is 0.232 e. The molecule has 1 aliphatic carbocycles. The van der Waals surface area contributed by atoms with Crippen molar-refractivity contribution in [3.05, 3.63) is 86.9 Å². The molecular weight excluding hydrogens is 489 g/mol. The number of nitrogens with zero attached hydrogens (tertiary/aromatic N) is 2. The van der Waals surface area contributed by atoms with E-state index in [-0.39, 0.29) is 11.8 Å². The number of carbonyl (C=O) groups excluding carboxylic acids is 1. The van der Waals surface area contributed by atoms with Gasteiger partial charge >= 0.3 is 0 Å². The lowest BCUT2D eigenvalue weighted by molar-refractivity contribution is -0.121. The van der Waals surface area contributed by atoms with E-state index in [4.69, 9.17) is 23.2 Å². The molecule has 0 saturated carbocycles. The number of rotatable bonds is 7.